The Morgan fingerprint density at radius 2 is 1.81 bits per heavy atom. The van der Waals surface area contributed by atoms with Crippen LogP contribution < -0.4 is 10.1 Å². The lowest BCUT2D eigenvalue weighted by Crippen LogP contribution is -2.38. The summed E-state index contributed by atoms with van der Waals surface area (Å²) in [6.07, 6.45) is 0. The van der Waals surface area contributed by atoms with Crippen LogP contribution in [0.25, 0.3) is 10.8 Å². The van der Waals surface area contributed by atoms with Gasteiger partial charge < -0.3 is 14.8 Å². The van der Waals surface area contributed by atoms with Crippen LogP contribution in [-0.2, 0) is 9.53 Å². The summed E-state index contributed by atoms with van der Waals surface area (Å²) in [5.41, 5.74) is -0.121. The van der Waals surface area contributed by atoms with Gasteiger partial charge in [0.15, 0.2) is 0 Å². The molecule has 0 atom stereocenters. The van der Waals surface area contributed by atoms with Crippen LogP contribution in [0.1, 0.15) is 20.8 Å². The van der Waals surface area contributed by atoms with E-state index in [4.69, 9.17) is 9.47 Å². The van der Waals surface area contributed by atoms with Gasteiger partial charge in [0.1, 0.15) is 11.4 Å². The molecule has 21 heavy (non-hydrogen) atoms. The first-order chi connectivity index (χ1) is 9.99. The van der Waals surface area contributed by atoms with Crippen LogP contribution in [0.2, 0.25) is 0 Å². The van der Waals surface area contributed by atoms with Crippen molar-refractivity contribution in [2.24, 2.45) is 0 Å². The fraction of sp³-hybridized carbons (Fsp3) is 0.353. The minimum absolute atomic E-state index is 0.181. The van der Waals surface area contributed by atoms with Gasteiger partial charge in [0.05, 0.1) is 6.61 Å². The molecule has 0 fully saturated rings. The third kappa shape index (κ3) is 3.16. The number of methoxy groups -OCH3 is 1. The molecule has 2 rings (SSSR count). The lowest BCUT2D eigenvalue weighted by Gasteiger charge is -2.22. The lowest BCUT2D eigenvalue weighted by molar-refractivity contribution is -0.133. The molecule has 112 valence electrons. The zero-order valence-electron chi connectivity index (χ0n) is 12.9. The van der Waals surface area contributed by atoms with Gasteiger partial charge in [0.25, 0.3) is 5.91 Å². The average Bonchev–Trinajstić information content (AvgIpc) is 2.49. The van der Waals surface area contributed by atoms with Crippen LogP contribution in [0.15, 0.2) is 36.4 Å². The van der Waals surface area contributed by atoms with E-state index in [9.17, 15) is 4.79 Å². The number of rotatable bonds is 5. The van der Waals surface area contributed by atoms with Crippen molar-refractivity contribution >= 4 is 22.4 Å². The van der Waals surface area contributed by atoms with Crippen molar-refractivity contribution in [2.75, 3.05) is 19.0 Å². The van der Waals surface area contributed by atoms with Crippen LogP contribution in [0.5, 0.6) is 5.75 Å². The number of anilines is 1. The smallest absolute Gasteiger partial charge is 0.256 e. The maximum atomic E-state index is 12.3. The number of amides is 1. The topological polar surface area (TPSA) is 47.6 Å². The van der Waals surface area contributed by atoms with E-state index in [2.05, 4.69) is 5.32 Å². The van der Waals surface area contributed by atoms with Crippen LogP contribution in [0, 0.1) is 0 Å². The summed E-state index contributed by atoms with van der Waals surface area (Å²) < 4.78 is 10.8. The number of carbonyl (C=O) groups is 1. The molecule has 0 aliphatic rings. The van der Waals surface area contributed by atoms with Gasteiger partial charge in [-0.1, -0.05) is 24.3 Å². The largest absolute Gasteiger partial charge is 0.493 e. The van der Waals surface area contributed by atoms with Gasteiger partial charge in [0.2, 0.25) is 0 Å². The maximum Gasteiger partial charge on any atom is 0.256 e. The van der Waals surface area contributed by atoms with Crippen LogP contribution in [-0.4, -0.2) is 25.2 Å². The first-order valence-corrected chi connectivity index (χ1v) is 7.00. The minimum Gasteiger partial charge on any atom is -0.493 e. The van der Waals surface area contributed by atoms with E-state index < -0.39 is 5.60 Å². The molecule has 1 N–H and O–H groups in total. The standard InChI is InChI=1S/C17H21NO3/c1-5-21-15-11-10-14(12-8-6-7-9-13(12)15)18-16(19)17(2,3)20-4/h6-11H,5H2,1-4H3,(H,18,19). The third-order valence-corrected chi connectivity index (χ3v) is 3.49. The van der Waals surface area contributed by atoms with E-state index in [1.165, 1.54) is 7.11 Å². The summed E-state index contributed by atoms with van der Waals surface area (Å²) in [6, 6.07) is 11.6. The molecule has 0 saturated heterocycles. The van der Waals surface area contributed by atoms with Gasteiger partial charge >= 0.3 is 0 Å². The SMILES string of the molecule is CCOc1ccc(NC(=O)C(C)(C)OC)c2ccccc12. The highest BCUT2D eigenvalue weighted by molar-refractivity contribution is 6.06. The summed E-state index contributed by atoms with van der Waals surface area (Å²) in [7, 11) is 1.52. The molecule has 0 radical (unpaired) electrons. The molecular weight excluding hydrogens is 266 g/mol. The van der Waals surface area contributed by atoms with E-state index in [1.54, 1.807) is 13.8 Å². The number of ether oxygens (including phenoxy) is 2. The second-order valence-corrected chi connectivity index (χ2v) is 5.26. The Bertz CT molecular complexity index is 650. The molecule has 0 heterocycles. The van der Waals surface area contributed by atoms with Crippen LogP contribution in [0.4, 0.5) is 5.69 Å². The van der Waals surface area contributed by atoms with Crippen molar-refractivity contribution in [3.63, 3.8) is 0 Å². The molecule has 4 heteroatoms. The quantitative estimate of drug-likeness (QED) is 0.914. The lowest BCUT2D eigenvalue weighted by atomic mass is 10.1. The van der Waals surface area contributed by atoms with E-state index in [0.29, 0.717) is 6.61 Å². The molecule has 0 unspecified atom stereocenters. The van der Waals surface area contributed by atoms with E-state index in [-0.39, 0.29) is 5.91 Å². The monoisotopic (exact) mass is 287 g/mol. The zero-order valence-corrected chi connectivity index (χ0v) is 12.9. The third-order valence-electron chi connectivity index (χ3n) is 3.49. The van der Waals surface area contributed by atoms with Crippen molar-refractivity contribution in [3.05, 3.63) is 36.4 Å². The molecule has 0 aliphatic carbocycles. The van der Waals surface area contributed by atoms with E-state index in [1.807, 2.05) is 43.3 Å². The van der Waals surface area contributed by atoms with Crippen molar-refractivity contribution in [1.82, 2.24) is 0 Å². The summed E-state index contributed by atoms with van der Waals surface area (Å²) in [5, 5.41) is 4.85. The Morgan fingerprint density at radius 3 is 2.43 bits per heavy atom. The Hall–Kier alpha value is -2.07. The van der Waals surface area contributed by atoms with Crippen molar-refractivity contribution in [2.45, 2.75) is 26.4 Å². The molecule has 4 nitrogen and oxygen atoms in total. The Balaban J connectivity index is 2.42. The highest BCUT2D eigenvalue weighted by Gasteiger charge is 2.27. The van der Waals surface area contributed by atoms with Gasteiger partial charge in [-0.3, -0.25) is 4.79 Å². The fourth-order valence-electron chi connectivity index (χ4n) is 2.03. The second-order valence-electron chi connectivity index (χ2n) is 5.26. The average molecular weight is 287 g/mol. The number of hydrogen-bond donors (Lipinski definition) is 1. The van der Waals surface area contributed by atoms with Crippen LogP contribution >= 0.6 is 0 Å². The predicted octanol–water partition coefficient (Wildman–Crippen LogP) is 3.60. The summed E-state index contributed by atoms with van der Waals surface area (Å²) >= 11 is 0. The Labute approximate surface area is 125 Å². The first kappa shape index (κ1) is 15.3. The maximum absolute atomic E-state index is 12.3. The summed E-state index contributed by atoms with van der Waals surface area (Å²) in [5.74, 6) is 0.636. The molecule has 1 amide bonds. The highest BCUT2D eigenvalue weighted by atomic mass is 16.5. The van der Waals surface area contributed by atoms with Crippen LogP contribution in [0.3, 0.4) is 0 Å². The minimum atomic E-state index is -0.875. The van der Waals surface area contributed by atoms with Gasteiger partial charge in [-0.15, -0.1) is 0 Å². The van der Waals surface area contributed by atoms with Gasteiger partial charge in [-0.2, -0.15) is 0 Å². The van der Waals surface area contributed by atoms with Crippen molar-refractivity contribution in [1.29, 1.82) is 0 Å². The Morgan fingerprint density at radius 1 is 1.14 bits per heavy atom. The zero-order chi connectivity index (χ0) is 15.5. The molecular formula is C17H21NO3. The highest BCUT2D eigenvalue weighted by Crippen LogP contribution is 2.32. The number of benzene rings is 2. The second kappa shape index (κ2) is 6.14. The number of hydrogen-bond acceptors (Lipinski definition) is 3. The molecule has 0 spiro atoms. The summed E-state index contributed by atoms with van der Waals surface area (Å²) in [4.78, 5) is 12.3. The number of fused-ring (bicyclic) bond motifs is 1. The molecule has 0 bridgehead atoms. The number of carbonyl (C=O) groups excluding carboxylic acids is 1. The van der Waals surface area contributed by atoms with Crippen molar-refractivity contribution in [3.8, 4) is 5.75 Å². The molecule has 0 aromatic heterocycles. The Kier molecular flexibility index (Phi) is 4.48. The number of nitrogens with one attached hydrogen (secondary N) is 1. The van der Waals surface area contributed by atoms with Crippen molar-refractivity contribution < 1.29 is 14.3 Å². The van der Waals surface area contributed by atoms with Gasteiger partial charge in [0, 0.05) is 23.6 Å². The predicted molar refractivity (Wildman–Crippen MR) is 84.8 cm³/mol. The first-order valence-electron chi connectivity index (χ1n) is 7.00. The molecule has 0 saturated carbocycles. The molecule has 0 aliphatic heterocycles. The van der Waals surface area contributed by atoms with Gasteiger partial charge in [-0.25, -0.2) is 0 Å². The van der Waals surface area contributed by atoms with Gasteiger partial charge in [-0.05, 0) is 32.9 Å². The molecule has 2 aromatic rings. The fourth-order valence-corrected chi connectivity index (χ4v) is 2.03. The molecule has 2 aromatic carbocycles. The normalized spacial score (nSPS) is 11.4. The van der Waals surface area contributed by atoms with E-state index in [0.717, 1.165) is 22.2 Å². The van der Waals surface area contributed by atoms with E-state index >= 15 is 0 Å². The summed E-state index contributed by atoms with van der Waals surface area (Å²) in [6.45, 7) is 6.02.